The minimum atomic E-state index is -0.465. The van der Waals surface area contributed by atoms with E-state index in [0.29, 0.717) is 11.4 Å². The van der Waals surface area contributed by atoms with Gasteiger partial charge in [0.05, 0.1) is 11.5 Å². The van der Waals surface area contributed by atoms with Crippen LogP contribution in [0.2, 0.25) is 0 Å². The highest BCUT2D eigenvalue weighted by molar-refractivity contribution is 5.84. The quantitative estimate of drug-likeness (QED) is 0.532. The lowest BCUT2D eigenvalue weighted by atomic mass is 10.2. The second-order valence-corrected chi connectivity index (χ2v) is 4.40. The van der Waals surface area contributed by atoms with E-state index >= 15 is 0 Å². The van der Waals surface area contributed by atoms with E-state index in [4.69, 9.17) is 0 Å². The van der Waals surface area contributed by atoms with Crippen molar-refractivity contribution in [3.05, 3.63) is 28.3 Å². The van der Waals surface area contributed by atoms with Crippen LogP contribution in [0.4, 0.5) is 17.1 Å². The molecule has 1 aliphatic carbocycles. The summed E-state index contributed by atoms with van der Waals surface area (Å²) in [4.78, 5) is 22.1. The van der Waals surface area contributed by atoms with E-state index in [9.17, 15) is 14.9 Å². The number of hydrogen-bond acceptors (Lipinski definition) is 5. The summed E-state index contributed by atoms with van der Waals surface area (Å²) in [5.74, 6) is -0.147. The van der Waals surface area contributed by atoms with Crippen molar-refractivity contribution in [3.63, 3.8) is 0 Å². The molecule has 0 aliphatic heterocycles. The number of benzene rings is 1. The Kier molecular flexibility index (Phi) is 3.84. The lowest BCUT2D eigenvalue weighted by molar-refractivity contribution is -0.383. The van der Waals surface area contributed by atoms with Gasteiger partial charge in [-0.1, -0.05) is 6.07 Å². The third-order valence-corrected chi connectivity index (χ3v) is 2.87. The smallest absolute Gasteiger partial charge is 0.315 e. The molecule has 102 valence electrons. The average molecular weight is 264 g/mol. The lowest BCUT2D eigenvalue weighted by Crippen LogP contribution is -2.31. The van der Waals surface area contributed by atoms with Crippen molar-refractivity contribution in [2.75, 3.05) is 24.2 Å². The van der Waals surface area contributed by atoms with Crippen LogP contribution in [-0.4, -0.2) is 30.5 Å². The Morgan fingerprint density at radius 3 is 2.68 bits per heavy atom. The SMILES string of the molecule is CNc1cccc(NCC(=O)NC2CC2)c1[N+](=O)[O-]. The molecule has 1 saturated carbocycles. The predicted molar refractivity (Wildman–Crippen MR) is 72.3 cm³/mol. The van der Waals surface area contributed by atoms with Crippen molar-refractivity contribution in [3.8, 4) is 0 Å². The molecule has 0 saturated heterocycles. The Morgan fingerprint density at radius 1 is 1.42 bits per heavy atom. The minimum absolute atomic E-state index is 0.0322. The van der Waals surface area contributed by atoms with Crippen molar-refractivity contribution in [2.45, 2.75) is 18.9 Å². The number of nitrogens with zero attached hydrogens (tertiary/aromatic N) is 1. The summed E-state index contributed by atoms with van der Waals surface area (Å²) in [6, 6.07) is 5.18. The fourth-order valence-electron chi connectivity index (χ4n) is 1.77. The molecule has 0 bridgehead atoms. The summed E-state index contributed by atoms with van der Waals surface area (Å²) in [5, 5.41) is 19.4. The summed E-state index contributed by atoms with van der Waals surface area (Å²) >= 11 is 0. The average Bonchev–Trinajstić information content (AvgIpc) is 3.19. The maximum atomic E-state index is 11.5. The van der Waals surface area contributed by atoms with Crippen molar-refractivity contribution in [1.82, 2.24) is 5.32 Å². The van der Waals surface area contributed by atoms with E-state index in [1.54, 1.807) is 25.2 Å². The molecule has 19 heavy (non-hydrogen) atoms. The summed E-state index contributed by atoms with van der Waals surface area (Å²) in [6.07, 6.45) is 2.03. The molecule has 3 N–H and O–H groups in total. The van der Waals surface area contributed by atoms with Gasteiger partial charge in [0, 0.05) is 13.1 Å². The maximum absolute atomic E-state index is 11.5. The molecule has 0 unspecified atom stereocenters. The van der Waals surface area contributed by atoms with Gasteiger partial charge in [-0.2, -0.15) is 0 Å². The van der Waals surface area contributed by atoms with Gasteiger partial charge in [-0.25, -0.2) is 0 Å². The lowest BCUT2D eigenvalue weighted by Gasteiger charge is -2.10. The first kappa shape index (κ1) is 13.1. The Labute approximate surface area is 110 Å². The van der Waals surface area contributed by atoms with Crippen LogP contribution in [-0.2, 0) is 4.79 Å². The fraction of sp³-hybridized carbons (Fsp3) is 0.417. The Hall–Kier alpha value is -2.31. The molecule has 2 rings (SSSR count). The van der Waals surface area contributed by atoms with E-state index in [2.05, 4.69) is 16.0 Å². The van der Waals surface area contributed by atoms with E-state index in [-0.39, 0.29) is 24.2 Å². The number of carbonyl (C=O) groups is 1. The first-order valence-electron chi connectivity index (χ1n) is 6.10. The Balaban J connectivity index is 2.05. The van der Waals surface area contributed by atoms with E-state index in [1.165, 1.54) is 0 Å². The Bertz CT molecular complexity index is 500. The van der Waals surface area contributed by atoms with Crippen LogP contribution < -0.4 is 16.0 Å². The number of anilines is 2. The molecule has 0 spiro atoms. The highest BCUT2D eigenvalue weighted by Gasteiger charge is 2.24. The van der Waals surface area contributed by atoms with Crippen LogP contribution in [0.5, 0.6) is 0 Å². The summed E-state index contributed by atoms with van der Waals surface area (Å²) in [7, 11) is 1.62. The van der Waals surface area contributed by atoms with Gasteiger partial charge in [-0.05, 0) is 25.0 Å². The molecule has 0 heterocycles. The number of rotatable bonds is 6. The normalized spacial score (nSPS) is 13.7. The zero-order chi connectivity index (χ0) is 13.8. The van der Waals surface area contributed by atoms with Gasteiger partial charge >= 0.3 is 5.69 Å². The molecule has 1 aliphatic rings. The molecule has 1 aromatic rings. The molecule has 1 aromatic carbocycles. The van der Waals surface area contributed by atoms with E-state index in [0.717, 1.165) is 12.8 Å². The topological polar surface area (TPSA) is 96.3 Å². The molecular weight excluding hydrogens is 248 g/mol. The highest BCUT2D eigenvalue weighted by Crippen LogP contribution is 2.32. The van der Waals surface area contributed by atoms with Crippen LogP contribution in [0.15, 0.2) is 18.2 Å². The number of nitro benzene ring substituents is 1. The molecule has 7 heteroatoms. The molecule has 0 aromatic heterocycles. The summed E-state index contributed by atoms with van der Waals surface area (Å²) < 4.78 is 0. The minimum Gasteiger partial charge on any atom is -0.382 e. The third-order valence-electron chi connectivity index (χ3n) is 2.87. The monoisotopic (exact) mass is 264 g/mol. The van der Waals surface area contributed by atoms with Crippen LogP contribution >= 0.6 is 0 Å². The van der Waals surface area contributed by atoms with Crippen LogP contribution in [0.1, 0.15) is 12.8 Å². The zero-order valence-electron chi connectivity index (χ0n) is 10.6. The number of para-hydroxylation sites is 1. The van der Waals surface area contributed by atoms with Crippen molar-refractivity contribution in [1.29, 1.82) is 0 Å². The van der Waals surface area contributed by atoms with Gasteiger partial charge in [0.25, 0.3) is 0 Å². The van der Waals surface area contributed by atoms with Crippen LogP contribution in [0, 0.1) is 10.1 Å². The zero-order valence-corrected chi connectivity index (χ0v) is 10.6. The number of hydrogen-bond donors (Lipinski definition) is 3. The van der Waals surface area contributed by atoms with E-state index < -0.39 is 4.92 Å². The predicted octanol–water partition coefficient (Wildman–Crippen LogP) is 1.33. The number of carbonyl (C=O) groups excluding carboxylic acids is 1. The van der Waals surface area contributed by atoms with Crippen molar-refractivity contribution >= 4 is 23.0 Å². The van der Waals surface area contributed by atoms with Gasteiger partial charge in [0.2, 0.25) is 5.91 Å². The number of nitrogens with one attached hydrogen (secondary N) is 3. The largest absolute Gasteiger partial charge is 0.382 e. The molecule has 1 fully saturated rings. The van der Waals surface area contributed by atoms with Crippen molar-refractivity contribution in [2.24, 2.45) is 0 Å². The molecule has 7 nitrogen and oxygen atoms in total. The first-order valence-corrected chi connectivity index (χ1v) is 6.10. The van der Waals surface area contributed by atoms with Crippen LogP contribution in [0.3, 0.4) is 0 Å². The van der Waals surface area contributed by atoms with Gasteiger partial charge in [-0.15, -0.1) is 0 Å². The first-order chi connectivity index (χ1) is 9.11. The van der Waals surface area contributed by atoms with Crippen molar-refractivity contribution < 1.29 is 9.72 Å². The highest BCUT2D eigenvalue weighted by atomic mass is 16.6. The third kappa shape index (κ3) is 3.34. The fourth-order valence-corrected chi connectivity index (χ4v) is 1.77. The van der Waals surface area contributed by atoms with Gasteiger partial charge in [0.1, 0.15) is 11.4 Å². The standard InChI is InChI=1S/C12H16N4O3/c1-13-9-3-2-4-10(12(9)16(18)19)14-7-11(17)15-8-5-6-8/h2-4,8,13-14H,5-7H2,1H3,(H,15,17). The van der Waals surface area contributed by atoms with Crippen LogP contribution in [0.25, 0.3) is 0 Å². The maximum Gasteiger partial charge on any atom is 0.315 e. The van der Waals surface area contributed by atoms with Gasteiger partial charge in [0.15, 0.2) is 0 Å². The van der Waals surface area contributed by atoms with Gasteiger partial charge in [-0.3, -0.25) is 14.9 Å². The molecule has 0 radical (unpaired) electrons. The second kappa shape index (κ2) is 5.55. The van der Waals surface area contributed by atoms with Gasteiger partial charge < -0.3 is 16.0 Å². The van der Waals surface area contributed by atoms with E-state index in [1.807, 2.05) is 0 Å². The number of amides is 1. The second-order valence-electron chi connectivity index (χ2n) is 4.40. The molecular formula is C12H16N4O3. The number of nitro groups is 1. The summed E-state index contributed by atoms with van der Waals surface area (Å²) in [6.45, 7) is 0.0322. The summed E-state index contributed by atoms with van der Waals surface area (Å²) in [5.41, 5.74) is 0.699. The molecule has 1 amide bonds. The Morgan fingerprint density at radius 2 is 2.11 bits per heavy atom. The molecule has 0 atom stereocenters.